The molecule has 0 spiro atoms. The molecule has 0 saturated heterocycles. The highest BCUT2D eigenvalue weighted by Gasteiger charge is 2.52. The Labute approximate surface area is 96.0 Å². The number of carbonyl (C=O) groups excluding carboxylic acids is 1. The van der Waals surface area contributed by atoms with E-state index in [2.05, 4.69) is 21.2 Å². The van der Waals surface area contributed by atoms with E-state index in [0.29, 0.717) is 10.0 Å². The first-order chi connectivity index (χ1) is 7.10. The van der Waals surface area contributed by atoms with Crippen LogP contribution in [0, 0.1) is 5.82 Å². The van der Waals surface area contributed by atoms with Crippen molar-refractivity contribution in [3.8, 4) is 0 Å². The van der Waals surface area contributed by atoms with E-state index in [-0.39, 0.29) is 11.7 Å². The molecule has 2 rings (SSSR count). The summed E-state index contributed by atoms with van der Waals surface area (Å²) < 4.78 is 14.4. The minimum absolute atomic E-state index is 0.0938. The Morgan fingerprint density at radius 3 is 2.67 bits per heavy atom. The summed E-state index contributed by atoms with van der Waals surface area (Å²) in [6, 6.07) is 4.85. The zero-order valence-corrected chi connectivity index (χ0v) is 9.90. The average molecular weight is 272 g/mol. The van der Waals surface area contributed by atoms with Crippen molar-refractivity contribution in [2.24, 2.45) is 0 Å². The standard InChI is InChI=1S/C11H11BrFNO/c1-14-10(15)11(4-5-11)8-3-2-7(12)6-9(8)13/h2-3,6H,4-5H2,1H3,(H,14,15). The Kier molecular flexibility index (Phi) is 2.54. The highest BCUT2D eigenvalue weighted by atomic mass is 79.9. The molecule has 1 fully saturated rings. The van der Waals surface area contributed by atoms with Crippen LogP contribution in [0.4, 0.5) is 4.39 Å². The van der Waals surface area contributed by atoms with Crippen LogP contribution in [0.2, 0.25) is 0 Å². The van der Waals surface area contributed by atoms with Crippen molar-refractivity contribution in [1.82, 2.24) is 5.32 Å². The molecule has 2 nitrogen and oxygen atoms in total. The highest BCUT2D eigenvalue weighted by Crippen LogP contribution is 2.49. The monoisotopic (exact) mass is 271 g/mol. The van der Waals surface area contributed by atoms with Crippen molar-refractivity contribution < 1.29 is 9.18 Å². The SMILES string of the molecule is CNC(=O)C1(c2ccc(Br)cc2F)CC1. The average Bonchev–Trinajstić information content (AvgIpc) is 2.97. The third-order valence-corrected chi connectivity index (χ3v) is 3.35. The van der Waals surface area contributed by atoms with Crippen molar-refractivity contribution in [2.45, 2.75) is 18.3 Å². The lowest BCUT2D eigenvalue weighted by Gasteiger charge is -2.14. The molecular weight excluding hydrogens is 261 g/mol. The van der Waals surface area contributed by atoms with Crippen molar-refractivity contribution in [2.75, 3.05) is 7.05 Å². The van der Waals surface area contributed by atoms with E-state index >= 15 is 0 Å². The van der Waals surface area contributed by atoms with Gasteiger partial charge in [-0.05, 0) is 25.0 Å². The zero-order chi connectivity index (χ0) is 11.1. The molecule has 1 saturated carbocycles. The molecule has 80 valence electrons. The fourth-order valence-electron chi connectivity index (χ4n) is 1.86. The van der Waals surface area contributed by atoms with E-state index in [1.165, 1.54) is 6.07 Å². The van der Waals surface area contributed by atoms with Crippen LogP contribution in [0.5, 0.6) is 0 Å². The summed E-state index contributed by atoms with van der Waals surface area (Å²) in [6.07, 6.45) is 1.45. The summed E-state index contributed by atoms with van der Waals surface area (Å²) in [5.74, 6) is -0.408. The van der Waals surface area contributed by atoms with Crippen molar-refractivity contribution in [1.29, 1.82) is 0 Å². The summed E-state index contributed by atoms with van der Waals surface area (Å²) in [5, 5.41) is 2.59. The van der Waals surface area contributed by atoms with Crippen LogP contribution in [0.25, 0.3) is 0 Å². The van der Waals surface area contributed by atoms with Gasteiger partial charge in [-0.3, -0.25) is 4.79 Å². The second kappa shape index (κ2) is 3.59. The zero-order valence-electron chi connectivity index (χ0n) is 8.31. The van der Waals surface area contributed by atoms with Gasteiger partial charge in [0.1, 0.15) is 5.82 Å². The van der Waals surface area contributed by atoms with Gasteiger partial charge in [0.2, 0.25) is 5.91 Å². The molecule has 0 radical (unpaired) electrons. The topological polar surface area (TPSA) is 29.1 Å². The molecule has 1 amide bonds. The number of likely N-dealkylation sites (N-methyl/N-ethyl adjacent to an activating group) is 1. The normalized spacial score (nSPS) is 17.3. The Hall–Kier alpha value is -0.900. The Morgan fingerprint density at radius 2 is 2.20 bits per heavy atom. The van der Waals surface area contributed by atoms with Crippen LogP contribution in [0.1, 0.15) is 18.4 Å². The molecule has 1 N–H and O–H groups in total. The van der Waals surface area contributed by atoms with E-state index in [1.807, 2.05) is 0 Å². The molecule has 0 bridgehead atoms. The van der Waals surface area contributed by atoms with Crippen LogP contribution in [-0.2, 0) is 10.2 Å². The quantitative estimate of drug-likeness (QED) is 0.879. The number of hydrogen-bond donors (Lipinski definition) is 1. The number of halogens is 2. The lowest BCUT2D eigenvalue weighted by Crippen LogP contribution is -2.32. The first kappa shape index (κ1) is 10.6. The van der Waals surface area contributed by atoms with E-state index in [9.17, 15) is 9.18 Å². The number of carbonyl (C=O) groups is 1. The molecule has 4 heteroatoms. The maximum atomic E-state index is 13.7. The molecule has 15 heavy (non-hydrogen) atoms. The first-order valence-electron chi connectivity index (χ1n) is 4.78. The summed E-state index contributed by atoms with van der Waals surface area (Å²) in [4.78, 5) is 11.6. The number of hydrogen-bond acceptors (Lipinski definition) is 1. The molecule has 0 atom stereocenters. The molecule has 1 aliphatic rings. The van der Waals surface area contributed by atoms with Gasteiger partial charge in [-0.1, -0.05) is 22.0 Å². The van der Waals surface area contributed by atoms with Gasteiger partial charge in [-0.25, -0.2) is 4.39 Å². The van der Waals surface area contributed by atoms with E-state index < -0.39 is 5.41 Å². The van der Waals surface area contributed by atoms with E-state index in [4.69, 9.17) is 0 Å². The van der Waals surface area contributed by atoms with Crippen LogP contribution < -0.4 is 5.32 Å². The first-order valence-corrected chi connectivity index (χ1v) is 5.57. The third-order valence-electron chi connectivity index (χ3n) is 2.86. The van der Waals surface area contributed by atoms with Gasteiger partial charge in [0.15, 0.2) is 0 Å². The molecule has 1 aliphatic carbocycles. The van der Waals surface area contributed by atoms with Gasteiger partial charge >= 0.3 is 0 Å². The molecule has 0 aliphatic heterocycles. The number of nitrogens with one attached hydrogen (secondary N) is 1. The number of benzene rings is 1. The lowest BCUT2D eigenvalue weighted by atomic mass is 9.94. The minimum atomic E-state index is -0.612. The Bertz CT molecular complexity index is 415. The molecule has 0 aromatic heterocycles. The second-order valence-corrected chi connectivity index (χ2v) is 4.70. The van der Waals surface area contributed by atoms with Gasteiger partial charge in [-0.15, -0.1) is 0 Å². The smallest absolute Gasteiger partial charge is 0.230 e. The third kappa shape index (κ3) is 1.67. The van der Waals surface area contributed by atoms with Gasteiger partial charge < -0.3 is 5.32 Å². The predicted molar refractivity (Wildman–Crippen MR) is 59.1 cm³/mol. The maximum Gasteiger partial charge on any atom is 0.230 e. The fourth-order valence-corrected chi connectivity index (χ4v) is 2.19. The van der Waals surface area contributed by atoms with Crippen LogP contribution in [0.15, 0.2) is 22.7 Å². The Morgan fingerprint density at radius 1 is 1.53 bits per heavy atom. The Balaban J connectivity index is 2.42. The second-order valence-electron chi connectivity index (χ2n) is 3.79. The van der Waals surface area contributed by atoms with E-state index in [1.54, 1.807) is 19.2 Å². The lowest BCUT2D eigenvalue weighted by molar-refractivity contribution is -0.123. The summed E-state index contributed by atoms with van der Waals surface area (Å²) in [7, 11) is 1.58. The van der Waals surface area contributed by atoms with Crippen LogP contribution in [0.3, 0.4) is 0 Å². The summed E-state index contributed by atoms with van der Waals surface area (Å²) in [5.41, 5.74) is -0.107. The summed E-state index contributed by atoms with van der Waals surface area (Å²) >= 11 is 3.20. The van der Waals surface area contributed by atoms with Crippen molar-refractivity contribution in [3.63, 3.8) is 0 Å². The minimum Gasteiger partial charge on any atom is -0.358 e. The van der Waals surface area contributed by atoms with Crippen LogP contribution >= 0.6 is 15.9 Å². The molecule has 0 unspecified atom stereocenters. The van der Waals surface area contributed by atoms with E-state index in [0.717, 1.165) is 12.8 Å². The van der Waals surface area contributed by atoms with Gasteiger partial charge in [0.05, 0.1) is 5.41 Å². The van der Waals surface area contributed by atoms with Gasteiger partial charge in [0.25, 0.3) is 0 Å². The van der Waals surface area contributed by atoms with Crippen molar-refractivity contribution >= 4 is 21.8 Å². The highest BCUT2D eigenvalue weighted by molar-refractivity contribution is 9.10. The van der Waals surface area contributed by atoms with Gasteiger partial charge in [-0.2, -0.15) is 0 Å². The predicted octanol–water partition coefficient (Wildman–Crippen LogP) is 2.37. The maximum absolute atomic E-state index is 13.7. The number of amides is 1. The number of rotatable bonds is 2. The summed E-state index contributed by atoms with van der Waals surface area (Å²) in [6.45, 7) is 0. The molecule has 1 aromatic rings. The van der Waals surface area contributed by atoms with Gasteiger partial charge in [0, 0.05) is 17.1 Å². The molecule has 1 aromatic carbocycles. The largest absolute Gasteiger partial charge is 0.358 e. The molecule has 0 heterocycles. The van der Waals surface area contributed by atoms with Crippen LogP contribution in [-0.4, -0.2) is 13.0 Å². The fraction of sp³-hybridized carbons (Fsp3) is 0.364. The molecular formula is C11H11BrFNO. The van der Waals surface area contributed by atoms with Crippen molar-refractivity contribution in [3.05, 3.63) is 34.1 Å².